The number of nitrogens with zero attached hydrogens (tertiary/aromatic N) is 5. The van der Waals surface area contributed by atoms with Gasteiger partial charge in [-0.15, -0.1) is 0 Å². The molecule has 3 heterocycles. The summed E-state index contributed by atoms with van der Waals surface area (Å²) in [5, 5.41) is 1.30. The molecule has 12 aromatic rings. The summed E-state index contributed by atoms with van der Waals surface area (Å²) in [4.78, 5) is 20.7. The molecule has 11 heteroatoms. The Morgan fingerprint density at radius 2 is 0.792 bits per heavy atom. The first-order valence-corrected chi connectivity index (χ1v) is 24.8. The van der Waals surface area contributed by atoms with Crippen LogP contribution in [0.2, 0.25) is 0 Å². The number of fused-ring (bicyclic) bond motifs is 3. The summed E-state index contributed by atoms with van der Waals surface area (Å²) in [5.41, 5.74) is 10.4. The van der Waals surface area contributed by atoms with Crippen molar-refractivity contribution in [1.82, 2.24) is 24.5 Å². The van der Waals surface area contributed by atoms with Crippen molar-refractivity contribution in [2.75, 3.05) is 0 Å². The Bertz CT molecular complexity index is 4080. The van der Waals surface area contributed by atoms with E-state index in [0.29, 0.717) is 89.6 Å². The number of halogens is 6. The molecule has 0 aliphatic rings. The van der Waals surface area contributed by atoms with E-state index >= 15 is 0 Å². The highest BCUT2D eigenvalue weighted by atomic mass is 19.4. The topological polar surface area (TPSA) is 56.5 Å². The molecular formula is C66H43F6N5. The maximum atomic E-state index is 14.8. The Balaban J connectivity index is 1.16. The predicted octanol–water partition coefficient (Wildman–Crippen LogP) is 18.4. The highest BCUT2D eigenvalue weighted by Gasteiger charge is 2.34. The van der Waals surface area contributed by atoms with Crippen LogP contribution in [0.15, 0.2) is 224 Å². The molecule has 5 nitrogen and oxygen atoms in total. The van der Waals surface area contributed by atoms with Gasteiger partial charge < -0.3 is 4.57 Å². The molecule has 0 atom stereocenters. The van der Waals surface area contributed by atoms with E-state index in [9.17, 15) is 26.3 Å². The Kier molecular flexibility index (Phi) is 12.2. The van der Waals surface area contributed by atoms with Gasteiger partial charge in [-0.25, -0.2) is 19.9 Å². The number of aromatic nitrogens is 5. The highest BCUT2D eigenvalue weighted by Crippen LogP contribution is 2.44. The van der Waals surface area contributed by atoms with Crippen LogP contribution in [0, 0.1) is 13.8 Å². The number of hydrogen-bond donors (Lipinski definition) is 0. The second kappa shape index (κ2) is 19.3. The maximum absolute atomic E-state index is 14.8. The summed E-state index contributed by atoms with van der Waals surface area (Å²) in [6, 6.07) is 68.2. The van der Waals surface area contributed by atoms with E-state index in [2.05, 4.69) is 10.6 Å². The SMILES string of the molecule is Cc1ccc(-c2ccc3c(c2)c2cc(-c4ccc(C(F)(F)F)cc4C)ccc2n3-c2ccc(-c3cc(-c4ccccc4)nc(-c4ccccc4)n3)cc2-c2cc(-c3ccccc3)nc(-c3ccccc3)n2)c(C(F)(F)F)c1. The largest absolute Gasteiger partial charge is 0.417 e. The molecule has 0 fully saturated rings. The lowest BCUT2D eigenvalue weighted by molar-refractivity contribution is -0.138. The zero-order valence-corrected chi connectivity index (χ0v) is 41.4. The van der Waals surface area contributed by atoms with E-state index in [-0.39, 0.29) is 5.56 Å². The van der Waals surface area contributed by atoms with E-state index in [1.165, 1.54) is 12.1 Å². The highest BCUT2D eigenvalue weighted by molar-refractivity contribution is 6.12. The third-order valence-electron chi connectivity index (χ3n) is 13.9. The van der Waals surface area contributed by atoms with Crippen LogP contribution < -0.4 is 0 Å². The Morgan fingerprint density at radius 1 is 0.338 bits per heavy atom. The van der Waals surface area contributed by atoms with Gasteiger partial charge in [0.1, 0.15) is 0 Å². The molecule has 0 radical (unpaired) electrons. The number of hydrogen-bond acceptors (Lipinski definition) is 4. The van der Waals surface area contributed by atoms with Gasteiger partial charge in [-0.3, -0.25) is 0 Å². The van der Waals surface area contributed by atoms with Crippen molar-refractivity contribution in [2.24, 2.45) is 0 Å². The Hall–Kier alpha value is -9.48. The lowest BCUT2D eigenvalue weighted by atomic mass is 9.95. The van der Waals surface area contributed by atoms with Gasteiger partial charge >= 0.3 is 12.4 Å². The minimum Gasteiger partial charge on any atom is -0.309 e. The molecule has 12 rings (SSSR count). The molecule has 0 bridgehead atoms. The van der Waals surface area contributed by atoms with E-state index in [1.54, 1.807) is 32.0 Å². The zero-order chi connectivity index (χ0) is 53.0. The summed E-state index contributed by atoms with van der Waals surface area (Å²) in [7, 11) is 0. The summed E-state index contributed by atoms with van der Waals surface area (Å²) in [5.74, 6) is 1.02. The molecule has 374 valence electrons. The van der Waals surface area contributed by atoms with Gasteiger partial charge in [-0.2, -0.15) is 26.3 Å². The molecule has 0 saturated carbocycles. The number of aryl methyl sites for hydroxylation is 2. The molecule has 0 amide bonds. The van der Waals surface area contributed by atoms with E-state index in [4.69, 9.17) is 19.9 Å². The van der Waals surface area contributed by atoms with E-state index in [1.807, 2.05) is 170 Å². The van der Waals surface area contributed by atoms with Crippen molar-refractivity contribution >= 4 is 21.8 Å². The fraction of sp³-hybridized carbons (Fsp3) is 0.0606. The molecule has 0 aliphatic carbocycles. The first-order valence-electron chi connectivity index (χ1n) is 24.8. The Morgan fingerprint density at radius 3 is 1.30 bits per heavy atom. The van der Waals surface area contributed by atoms with Crippen molar-refractivity contribution in [3.8, 4) is 95.7 Å². The van der Waals surface area contributed by atoms with Gasteiger partial charge in [0.15, 0.2) is 11.6 Å². The van der Waals surface area contributed by atoms with Crippen molar-refractivity contribution in [2.45, 2.75) is 26.2 Å². The van der Waals surface area contributed by atoms with Crippen molar-refractivity contribution in [1.29, 1.82) is 0 Å². The van der Waals surface area contributed by atoms with Crippen molar-refractivity contribution in [3.63, 3.8) is 0 Å². The van der Waals surface area contributed by atoms with Gasteiger partial charge in [0.05, 0.1) is 50.6 Å². The molecule has 9 aromatic carbocycles. The van der Waals surface area contributed by atoms with Gasteiger partial charge in [0, 0.05) is 44.2 Å². The molecule has 0 N–H and O–H groups in total. The number of rotatable bonds is 9. The molecular weight excluding hydrogens is 977 g/mol. The molecule has 3 aromatic heterocycles. The van der Waals surface area contributed by atoms with Crippen LogP contribution in [0.4, 0.5) is 26.3 Å². The molecule has 77 heavy (non-hydrogen) atoms. The maximum Gasteiger partial charge on any atom is 0.417 e. The average molecular weight is 1020 g/mol. The van der Waals surface area contributed by atoms with Gasteiger partial charge in [0.2, 0.25) is 0 Å². The third-order valence-corrected chi connectivity index (χ3v) is 13.9. The van der Waals surface area contributed by atoms with Crippen LogP contribution >= 0.6 is 0 Å². The first-order chi connectivity index (χ1) is 37.2. The molecule has 0 aliphatic heterocycles. The van der Waals surface area contributed by atoms with Gasteiger partial charge in [0.25, 0.3) is 0 Å². The lowest BCUT2D eigenvalue weighted by Crippen LogP contribution is -2.07. The van der Waals surface area contributed by atoms with Crippen LogP contribution in [-0.2, 0) is 12.4 Å². The van der Waals surface area contributed by atoms with Crippen LogP contribution in [0.5, 0.6) is 0 Å². The van der Waals surface area contributed by atoms with Crippen molar-refractivity contribution in [3.05, 3.63) is 247 Å². The van der Waals surface area contributed by atoms with Crippen LogP contribution in [0.1, 0.15) is 22.3 Å². The fourth-order valence-corrected chi connectivity index (χ4v) is 10.1. The van der Waals surface area contributed by atoms with Crippen LogP contribution in [-0.4, -0.2) is 24.5 Å². The first kappa shape index (κ1) is 48.5. The normalized spacial score (nSPS) is 11.9. The standard InChI is InChI=1S/C66H43F6N5/c1-40-23-28-51(55(33-40)66(70,71)72)47-25-31-61-53(36-47)52-35-46(50-29-27-49(34-41(50)2)65(67,68)69)24-30-60(52)77(61)62-32-26-48(58-38-56(42-15-7-3-8-16-42)73-63(75-58)44-19-11-5-12-20-44)37-54(62)59-39-57(43-17-9-4-10-18-43)74-64(76-59)45-21-13-6-14-22-45/h3-39H,1-2H3. The average Bonchev–Trinajstić information content (AvgIpc) is 3.84. The minimum absolute atomic E-state index is 0.0168. The summed E-state index contributed by atoms with van der Waals surface area (Å²) in [6.07, 6.45) is -9.18. The molecule has 0 saturated heterocycles. The van der Waals surface area contributed by atoms with E-state index in [0.717, 1.165) is 51.7 Å². The predicted molar refractivity (Wildman–Crippen MR) is 295 cm³/mol. The second-order valence-electron chi connectivity index (χ2n) is 19.0. The van der Waals surface area contributed by atoms with Crippen molar-refractivity contribution < 1.29 is 26.3 Å². The smallest absolute Gasteiger partial charge is 0.309 e. The van der Waals surface area contributed by atoms with Gasteiger partial charge in [-0.1, -0.05) is 163 Å². The summed E-state index contributed by atoms with van der Waals surface area (Å²) >= 11 is 0. The summed E-state index contributed by atoms with van der Waals surface area (Å²) < 4.78 is 88.4. The number of benzene rings is 9. The molecule has 0 unspecified atom stereocenters. The number of alkyl halides is 6. The zero-order valence-electron chi connectivity index (χ0n) is 41.4. The van der Waals surface area contributed by atoms with Crippen LogP contribution in [0.25, 0.3) is 118 Å². The van der Waals surface area contributed by atoms with E-state index < -0.39 is 23.5 Å². The second-order valence-corrected chi connectivity index (χ2v) is 19.0. The third kappa shape index (κ3) is 9.41. The monoisotopic (exact) mass is 1020 g/mol. The van der Waals surface area contributed by atoms with Gasteiger partial charge in [-0.05, 0) is 108 Å². The quantitative estimate of drug-likeness (QED) is 0.135. The summed E-state index contributed by atoms with van der Waals surface area (Å²) in [6.45, 7) is 3.26. The Labute approximate surface area is 439 Å². The van der Waals surface area contributed by atoms with Crippen LogP contribution in [0.3, 0.4) is 0 Å². The lowest BCUT2D eigenvalue weighted by Gasteiger charge is -2.18. The fourth-order valence-electron chi connectivity index (χ4n) is 10.1. The molecule has 0 spiro atoms. The minimum atomic E-state index is -4.64.